The van der Waals surface area contributed by atoms with Crippen LogP contribution in [0, 0.1) is 5.92 Å². The van der Waals surface area contributed by atoms with Gasteiger partial charge < -0.3 is 10.1 Å². The Morgan fingerprint density at radius 3 is 2.81 bits per heavy atom. The molecule has 1 aliphatic rings. The molecule has 0 aromatic heterocycles. The molecule has 1 aromatic rings. The average molecular weight is 310 g/mol. The van der Waals surface area contributed by atoms with E-state index in [1.54, 1.807) is 0 Å². The van der Waals surface area contributed by atoms with Crippen LogP contribution in [0.4, 0.5) is 0 Å². The Labute approximate surface area is 134 Å². The molecule has 1 fully saturated rings. The Hall–Kier alpha value is -0.730. The number of rotatable bonds is 6. The lowest BCUT2D eigenvalue weighted by molar-refractivity contribution is 0.254. The van der Waals surface area contributed by atoms with Gasteiger partial charge in [-0.1, -0.05) is 38.4 Å². The van der Waals surface area contributed by atoms with E-state index in [1.165, 1.54) is 18.4 Å². The molecule has 0 saturated carbocycles. The monoisotopic (exact) mass is 309 g/mol. The highest BCUT2D eigenvalue weighted by molar-refractivity contribution is 6.32. The van der Waals surface area contributed by atoms with Gasteiger partial charge in [0, 0.05) is 0 Å². The largest absolute Gasteiger partial charge is 0.492 e. The molecule has 0 radical (unpaired) electrons. The molecule has 118 valence electrons. The van der Waals surface area contributed by atoms with Crippen molar-refractivity contribution in [2.45, 2.75) is 51.9 Å². The molecule has 0 bridgehead atoms. The highest BCUT2D eigenvalue weighted by Crippen LogP contribution is 2.33. The second-order valence-electron chi connectivity index (χ2n) is 6.73. The molecule has 0 aliphatic carbocycles. The third kappa shape index (κ3) is 4.62. The lowest BCUT2D eigenvalue weighted by Crippen LogP contribution is -2.30. The fourth-order valence-corrected chi connectivity index (χ4v) is 2.98. The maximum Gasteiger partial charge on any atom is 0.137 e. The van der Waals surface area contributed by atoms with Crippen molar-refractivity contribution in [3.8, 4) is 5.75 Å². The summed E-state index contributed by atoms with van der Waals surface area (Å²) in [5, 5.41) is 4.18. The minimum atomic E-state index is 0.163. The molecule has 2 nitrogen and oxygen atoms in total. The van der Waals surface area contributed by atoms with E-state index in [4.69, 9.17) is 16.3 Å². The van der Waals surface area contributed by atoms with Crippen LogP contribution >= 0.6 is 11.6 Å². The van der Waals surface area contributed by atoms with Crippen LogP contribution in [0.5, 0.6) is 5.75 Å². The van der Waals surface area contributed by atoms with Crippen LogP contribution in [0.25, 0.3) is 0 Å². The van der Waals surface area contributed by atoms with Gasteiger partial charge in [-0.2, -0.15) is 0 Å². The van der Waals surface area contributed by atoms with Gasteiger partial charge >= 0.3 is 0 Å². The minimum Gasteiger partial charge on any atom is -0.492 e. The molecule has 1 atom stereocenters. The van der Waals surface area contributed by atoms with E-state index >= 15 is 0 Å². The molecule has 1 saturated heterocycles. The smallest absolute Gasteiger partial charge is 0.137 e. The summed E-state index contributed by atoms with van der Waals surface area (Å²) in [6.07, 6.45) is 4.80. The second kappa shape index (κ2) is 7.51. The summed E-state index contributed by atoms with van der Waals surface area (Å²) in [5.41, 5.74) is 1.44. The quantitative estimate of drug-likeness (QED) is 0.815. The summed E-state index contributed by atoms with van der Waals surface area (Å²) >= 11 is 6.38. The van der Waals surface area contributed by atoms with Crippen molar-refractivity contribution in [3.05, 3.63) is 28.8 Å². The molecular formula is C18H28ClNO. The predicted molar refractivity (Wildman–Crippen MR) is 90.5 cm³/mol. The van der Waals surface area contributed by atoms with Gasteiger partial charge in [0.15, 0.2) is 0 Å². The first-order valence-electron chi connectivity index (χ1n) is 8.16. The number of halogens is 1. The van der Waals surface area contributed by atoms with Crippen LogP contribution in [0.3, 0.4) is 0 Å². The normalized spacial score (nSPS) is 19.5. The van der Waals surface area contributed by atoms with Crippen LogP contribution in [0.2, 0.25) is 5.02 Å². The van der Waals surface area contributed by atoms with E-state index in [-0.39, 0.29) is 5.41 Å². The molecule has 0 amide bonds. The maximum atomic E-state index is 6.38. The SMILES string of the molecule is CCC(C)(C)c1ccc(OCC[C@@H]2CCCNC2)c(Cl)c1. The first-order valence-corrected chi connectivity index (χ1v) is 8.54. The molecule has 2 rings (SSSR count). The van der Waals surface area contributed by atoms with E-state index in [1.807, 2.05) is 6.07 Å². The predicted octanol–water partition coefficient (Wildman–Crippen LogP) is 4.80. The molecule has 1 aromatic carbocycles. The van der Waals surface area contributed by atoms with Crippen molar-refractivity contribution in [2.75, 3.05) is 19.7 Å². The van der Waals surface area contributed by atoms with Gasteiger partial charge in [-0.3, -0.25) is 0 Å². The van der Waals surface area contributed by atoms with Gasteiger partial charge in [0.1, 0.15) is 5.75 Å². The number of hydrogen-bond acceptors (Lipinski definition) is 2. The molecular weight excluding hydrogens is 282 g/mol. The van der Waals surface area contributed by atoms with Gasteiger partial charge in [-0.05, 0) is 67.8 Å². The number of nitrogens with one attached hydrogen (secondary N) is 1. The third-order valence-corrected chi connectivity index (χ3v) is 5.08. The van der Waals surface area contributed by atoms with Gasteiger partial charge in [-0.25, -0.2) is 0 Å². The number of piperidine rings is 1. The summed E-state index contributed by atoms with van der Waals surface area (Å²) in [5.74, 6) is 1.56. The summed E-state index contributed by atoms with van der Waals surface area (Å²) in [6, 6.07) is 6.23. The van der Waals surface area contributed by atoms with Crippen molar-refractivity contribution in [1.29, 1.82) is 0 Å². The van der Waals surface area contributed by atoms with Crippen LogP contribution in [0.15, 0.2) is 18.2 Å². The van der Waals surface area contributed by atoms with Crippen molar-refractivity contribution in [2.24, 2.45) is 5.92 Å². The fourth-order valence-electron chi connectivity index (χ4n) is 2.75. The van der Waals surface area contributed by atoms with Crippen LogP contribution < -0.4 is 10.1 Å². The zero-order chi connectivity index (χ0) is 15.3. The Bertz CT molecular complexity index is 453. The van der Waals surface area contributed by atoms with E-state index < -0.39 is 0 Å². The summed E-state index contributed by atoms with van der Waals surface area (Å²) < 4.78 is 5.88. The Kier molecular flexibility index (Phi) is 5.95. The number of ether oxygens (including phenoxy) is 1. The van der Waals surface area contributed by atoms with E-state index in [9.17, 15) is 0 Å². The van der Waals surface area contributed by atoms with Crippen LogP contribution in [0.1, 0.15) is 52.0 Å². The maximum absolute atomic E-state index is 6.38. The minimum absolute atomic E-state index is 0.163. The lowest BCUT2D eigenvalue weighted by atomic mass is 9.82. The summed E-state index contributed by atoms with van der Waals surface area (Å²) in [7, 11) is 0. The van der Waals surface area contributed by atoms with Gasteiger partial charge in [0.05, 0.1) is 11.6 Å². The second-order valence-corrected chi connectivity index (χ2v) is 7.14. The topological polar surface area (TPSA) is 21.3 Å². The molecule has 0 spiro atoms. The fraction of sp³-hybridized carbons (Fsp3) is 0.667. The Morgan fingerprint density at radius 2 is 2.19 bits per heavy atom. The van der Waals surface area contributed by atoms with E-state index in [0.717, 1.165) is 49.2 Å². The first kappa shape index (κ1) is 16.6. The summed E-state index contributed by atoms with van der Waals surface area (Å²) in [6.45, 7) is 9.74. The zero-order valence-corrected chi connectivity index (χ0v) is 14.3. The van der Waals surface area contributed by atoms with Crippen molar-refractivity contribution in [1.82, 2.24) is 5.32 Å². The molecule has 1 aliphatic heterocycles. The zero-order valence-electron chi connectivity index (χ0n) is 13.5. The van der Waals surface area contributed by atoms with E-state index in [0.29, 0.717) is 0 Å². The average Bonchev–Trinajstić information content (AvgIpc) is 2.50. The Morgan fingerprint density at radius 1 is 1.38 bits per heavy atom. The highest BCUT2D eigenvalue weighted by Gasteiger charge is 2.19. The Balaban J connectivity index is 1.89. The third-order valence-electron chi connectivity index (χ3n) is 4.78. The first-order chi connectivity index (χ1) is 10.0. The van der Waals surface area contributed by atoms with Crippen molar-refractivity contribution >= 4 is 11.6 Å². The number of hydrogen-bond donors (Lipinski definition) is 1. The van der Waals surface area contributed by atoms with Crippen LogP contribution in [-0.2, 0) is 5.41 Å². The molecule has 1 N–H and O–H groups in total. The number of benzene rings is 1. The lowest BCUT2D eigenvalue weighted by Gasteiger charge is -2.24. The van der Waals surface area contributed by atoms with Gasteiger partial charge in [-0.15, -0.1) is 0 Å². The molecule has 3 heteroatoms. The highest BCUT2D eigenvalue weighted by atomic mass is 35.5. The van der Waals surface area contributed by atoms with Crippen LogP contribution in [-0.4, -0.2) is 19.7 Å². The van der Waals surface area contributed by atoms with Gasteiger partial charge in [0.2, 0.25) is 0 Å². The molecule has 1 heterocycles. The summed E-state index contributed by atoms with van der Waals surface area (Å²) in [4.78, 5) is 0. The van der Waals surface area contributed by atoms with Crippen molar-refractivity contribution < 1.29 is 4.74 Å². The molecule has 0 unspecified atom stereocenters. The van der Waals surface area contributed by atoms with E-state index in [2.05, 4.69) is 38.2 Å². The standard InChI is InChI=1S/C18H28ClNO/c1-4-18(2,3)15-7-8-17(16(19)12-15)21-11-9-14-6-5-10-20-13-14/h7-8,12,14,20H,4-6,9-11,13H2,1-3H3/t14-/m0/s1. The van der Waals surface area contributed by atoms with Gasteiger partial charge in [0.25, 0.3) is 0 Å². The van der Waals surface area contributed by atoms with Crippen molar-refractivity contribution in [3.63, 3.8) is 0 Å². The molecule has 21 heavy (non-hydrogen) atoms.